The van der Waals surface area contributed by atoms with E-state index in [4.69, 9.17) is 9.47 Å². The zero-order valence-electron chi connectivity index (χ0n) is 9.72. The van der Waals surface area contributed by atoms with Gasteiger partial charge in [-0.05, 0) is 30.3 Å². The van der Waals surface area contributed by atoms with E-state index in [9.17, 15) is 9.18 Å². The van der Waals surface area contributed by atoms with Crippen LogP contribution in [0.5, 0.6) is 11.5 Å². The van der Waals surface area contributed by atoms with Crippen molar-refractivity contribution >= 4 is 11.6 Å². The van der Waals surface area contributed by atoms with E-state index in [2.05, 4.69) is 10.3 Å². The molecule has 0 spiro atoms. The molecule has 96 valence electrons. The van der Waals surface area contributed by atoms with Gasteiger partial charge >= 0.3 is 0 Å². The number of pyridine rings is 1. The lowest BCUT2D eigenvalue weighted by Crippen LogP contribution is -2.12. The molecule has 0 saturated carbocycles. The fourth-order valence-electron chi connectivity index (χ4n) is 1.69. The monoisotopic (exact) mass is 260 g/mol. The Morgan fingerprint density at radius 1 is 1.21 bits per heavy atom. The number of rotatable bonds is 2. The third-order valence-electron chi connectivity index (χ3n) is 2.62. The van der Waals surface area contributed by atoms with E-state index < -0.39 is 5.95 Å². The Bertz CT molecular complexity index is 628. The van der Waals surface area contributed by atoms with Crippen LogP contribution in [0.25, 0.3) is 0 Å². The zero-order valence-corrected chi connectivity index (χ0v) is 9.72. The minimum Gasteiger partial charge on any atom is -0.454 e. The van der Waals surface area contributed by atoms with Crippen molar-refractivity contribution in [3.05, 3.63) is 48.0 Å². The normalized spacial score (nSPS) is 12.3. The van der Waals surface area contributed by atoms with Crippen LogP contribution in [0.1, 0.15) is 10.4 Å². The van der Waals surface area contributed by atoms with Gasteiger partial charge in [-0.2, -0.15) is 4.39 Å². The predicted octanol–water partition coefficient (Wildman–Crippen LogP) is 2.20. The van der Waals surface area contributed by atoms with Crippen LogP contribution in [-0.4, -0.2) is 17.7 Å². The highest BCUT2D eigenvalue weighted by molar-refractivity contribution is 6.04. The molecule has 1 aromatic carbocycles. The number of carbonyl (C=O) groups excluding carboxylic acids is 1. The highest BCUT2D eigenvalue weighted by Gasteiger charge is 2.16. The number of nitrogens with zero attached hydrogens (tertiary/aromatic N) is 1. The predicted molar refractivity (Wildman–Crippen MR) is 64.7 cm³/mol. The van der Waals surface area contributed by atoms with E-state index >= 15 is 0 Å². The molecular weight excluding hydrogens is 251 g/mol. The molecule has 19 heavy (non-hydrogen) atoms. The topological polar surface area (TPSA) is 60.5 Å². The van der Waals surface area contributed by atoms with Gasteiger partial charge in [-0.1, -0.05) is 0 Å². The van der Waals surface area contributed by atoms with E-state index in [0.29, 0.717) is 22.7 Å². The van der Waals surface area contributed by atoms with Crippen molar-refractivity contribution in [1.29, 1.82) is 0 Å². The van der Waals surface area contributed by atoms with Gasteiger partial charge in [0.15, 0.2) is 11.5 Å². The van der Waals surface area contributed by atoms with E-state index in [1.54, 1.807) is 18.2 Å². The molecule has 1 amide bonds. The number of hydrogen-bond acceptors (Lipinski definition) is 4. The summed E-state index contributed by atoms with van der Waals surface area (Å²) in [4.78, 5) is 15.4. The first-order valence-electron chi connectivity index (χ1n) is 5.55. The van der Waals surface area contributed by atoms with Gasteiger partial charge in [-0.15, -0.1) is 0 Å². The van der Waals surface area contributed by atoms with Crippen molar-refractivity contribution < 1.29 is 18.7 Å². The Morgan fingerprint density at radius 2 is 2.05 bits per heavy atom. The van der Waals surface area contributed by atoms with Crippen LogP contribution in [0.15, 0.2) is 36.5 Å². The summed E-state index contributed by atoms with van der Waals surface area (Å²) < 4.78 is 23.0. The van der Waals surface area contributed by atoms with E-state index in [0.717, 1.165) is 0 Å². The Hall–Kier alpha value is -2.63. The summed E-state index contributed by atoms with van der Waals surface area (Å²) >= 11 is 0. The van der Waals surface area contributed by atoms with Gasteiger partial charge in [0.1, 0.15) is 0 Å². The highest BCUT2D eigenvalue weighted by atomic mass is 19.1. The van der Waals surface area contributed by atoms with Gasteiger partial charge in [-0.25, -0.2) is 4.98 Å². The largest absolute Gasteiger partial charge is 0.454 e. The molecule has 0 atom stereocenters. The maximum Gasteiger partial charge on any atom is 0.255 e. The van der Waals surface area contributed by atoms with Crippen molar-refractivity contribution in [1.82, 2.24) is 4.98 Å². The molecule has 2 heterocycles. The quantitative estimate of drug-likeness (QED) is 0.841. The van der Waals surface area contributed by atoms with Crippen LogP contribution in [-0.2, 0) is 0 Å². The number of hydrogen-bond donors (Lipinski definition) is 1. The molecule has 0 unspecified atom stereocenters. The first-order chi connectivity index (χ1) is 9.22. The van der Waals surface area contributed by atoms with Crippen LogP contribution in [0.3, 0.4) is 0 Å². The molecule has 5 nitrogen and oxygen atoms in total. The van der Waals surface area contributed by atoms with Crippen molar-refractivity contribution in [3.8, 4) is 11.5 Å². The number of halogens is 1. The molecule has 0 saturated heterocycles. The van der Waals surface area contributed by atoms with Crippen LogP contribution < -0.4 is 14.8 Å². The Balaban J connectivity index is 1.78. The molecule has 3 rings (SSSR count). The first kappa shape index (κ1) is 11.5. The van der Waals surface area contributed by atoms with E-state index in [1.807, 2.05) is 0 Å². The number of amides is 1. The minimum atomic E-state index is -0.596. The van der Waals surface area contributed by atoms with Crippen molar-refractivity contribution in [2.45, 2.75) is 0 Å². The lowest BCUT2D eigenvalue weighted by molar-refractivity contribution is 0.102. The third-order valence-corrected chi connectivity index (χ3v) is 2.62. The summed E-state index contributed by atoms with van der Waals surface area (Å²) in [5.41, 5.74) is 0.845. The Morgan fingerprint density at radius 3 is 2.84 bits per heavy atom. The lowest BCUT2D eigenvalue weighted by atomic mass is 10.2. The van der Waals surface area contributed by atoms with Crippen LogP contribution >= 0.6 is 0 Å². The van der Waals surface area contributed by atoms with Gasteiger partial charge < -0.3 is 14.8 Å². The summed E-state index contributed by atoms with van der Waals surface area (Å²) in [6.45, 7) is 0.155. The van der Waals surface area contributed by atoms with E-state index in [-0.39, 0.29) is 12.7 Å². The summed E-state index contributed by atoms with van der Waals surface area (Å²) in [6.07, 6.45) is 1.25. The summed E-state index contributed by atoms with van der Waals surface area (Å²) in [7, 11) is 0. The standard InChI is InChI=1S/C13H9FN2O3/c14-12-4-2-9(6-15-12)16-13(17)8-1-3-10-11(5-8)19-7-18-10/h1-6H,7H2,(H,16,17). The third kappa shape index (κ3) is 2.33. The van der Waals surface area contributed by atoms with Gasteiger partial charge in [0.25, 0.3) is 5.91 Å². The molecule has 1 aromatic heterocycles. The summed E-state index contributed by atoms with van der Waals surface area (Å²) in [6, 6.07) is 7.50. The number of anilines is 1. The minimum absolute atomic E-state index is 0.155. The van der Waals surface area contributed by atoms with Crippen LogP contribution in [0.4, 0.5) is 10.1 Å². The number of benzene rings is 1. The molecule has 1 N–H and O–H groups in total. The van der Waals surface area contributed by atoms with Crippen molar-refractivity contribution in [2.24, 2.45) is 0 Å². The number of fused-ring (bicyclic) bond motifs is 1. The molecule has 1 aliphatic rings. The Labute approximate surface area is 108 Å². The van der Waals surface area contributed by atoms with Gasteiger partial charge in [-0.3, -0.25) is 4.79 Å². The fourth-order valence-corrected chi connectivity index (χ4v) is 1.69. The van der Waals surface area contributed by atoms with Crippen molar-refractivity contribution in [2.75, 3.05) is 12.1 Å². The maximum absolute atomic E-state index is 12.6. The SMILES string of the molecule is O=C(Nc1ccc(F)nc1)c1ccc2c(c1)OCO2. The second kappa shape index (κ2) is 4.56. The molecular formula is C13H9FN2O3. The van der Waals surface area contributed by atoms with Gasteiger partial charge in [0, 0.05) is 5.56 Å². The number of carbonyl (C=O) groups is 1. The van der Waals surface area contributed by atoms with Crippen LogP contribution in [0.2, 0.25) is 0 Å². The molecule has 0 bridgehead atoms. The lowest BCUT2D eigenvalue weighted by Gasteiger charge is -2.05. The molecule has 1 aliphatic heterocycles. The number of aromatic nitrogens is 1. The second-order valence-corrected chi connectivity index (χ2v) is 3.89. The molecule has 0 fully saturated rings. The second-order valence-electron chi connectivity index (χ2n) is 3.89. The Kier molecular flexibility index (Phi) is 2.75. The summed E-state index contributed by atoms with van der Waals surface area (Å²) in [5.74, 6) is 0.220. The zero-order chi connectivity index (χ0) is 13.2. The molecule has 2 aromatic rings. The van der Waals surface area contributed by atoms with Crippen LogP contribution in [0, 0.1) is 5.95 Å². The number of nitrogens with one attached hydrogen (secondary N) is 1. The average molecular weight is 260 g/mol. The molecule has 6 heteroatoms. The molecule has 0 aliphatic carbocycles. The summed E-state index contributed by atoms with van der Waals surface area (Å²) in [5, 5.41) is 2.61. The number of ether oxygens (including phenoxy) is 2. The molecule has 0 radical (unpaired) electrons. The first-order valence-corrected chi connectivity index (χ1v) is 5.55. The fraction of sp³-hybridized carbons (Fsp3) is 0.0769. The maximum atomic E-state index is 12.6. The van der Waals surface area contributed by atoms with E-state index in [1.165, 1.54) is 18.3 Å². The van der Waals surface area contributed by atoms with Crippen molar-refractivity contribution in [3.63, 3.8) is 0 Å². The van der Waals surface area contributed by atoms with Gasteiger partial charge in [0.2, 0.25) is 12.7 Å². The highest BCUT2D eigenvalue weighted by Crippen LogP contribution is 2.32. The smallest absolute Gasteiger partial charge is 0.255 e. The van der Waals surface area contributed by atoms with Gasteiger partial charge in [0.05, 0.1) is 11.9 Å². The average Bonchev–Trinajstić information content (AvgIpc) is 2.88.